The second-order valence-electron chi connectivity index (χ2n) is 7.96. The second kappa shape index (κ2) is 9.90. The van der Waals surface area contributed by atoms with Crippen LogP contribution in [0.2, 0.25) is 0 Å². The molecular formula is C24H32N2O3. The van der Waals surface area contributed by atoms with Crippen molar-refractivity contribution >= 4 is 5.91 Å². The third-order valence-corrected chi connectivity index (χ3v) is 5.31. The van der Waals surface area contributed by atoms with Crippen LogP contribution in [0.1, 0.15) is 33.9 Å². The Kier molecular flexibility index (Phi) is 7.29. The lowest BCUT2D eigenvalue weighted by atomic mass is 10.0. The molecule has 2 aromatic rings. The van der Waals surface area contributed by atoms with Crippen LogP contribution in [0.4, 0.5) is 0 Å². The van der Waals surface area contributed by atoms with E-state index in [-0.39, 0.29) is 18.6 Å². The Labute approximate surface area is 174 Å². The zero-order chi connectivity index (χ0) is 20.8. The normalized spacial score (nSPS) is 15.7. The summed E-state index contributed by atoms with van der Waals surface area (Å²) in [4.78, 5) is 15.1. The Morgan fingerprint density at radius 2 is 1.66 bits per heavy atom. The molecular weight excluding hydrogens is 364 g/mol. The number of benzene rings is 2. The Bertz CT molecular complexity index is 804. The van der Waals surface area contributed by atoms with E-state index < -0.39 is 0 Å². The fourth-order valence-electron chi connectivity index (χ4n) is 3.84. The van der Waals surface area contributed by atoms with Gasteiger partial charge in [0.25, 0.3) is 5.91 Å². The monoisotopic (exact) mass is 396 g/mol. The van der Waals surface area contributed by atoms with Gasteiger partial charge in [0.2, 0.25) is 0 Å². The van der Waals surface area contributed by atoms with E-state index in [0.29, 0.717) is 0 Å². The van der Waals surface area contributed by atoms with Crippen molar-refractivity contribution in [2.45, 2.75) is 33.7 Å². The molecule has 1 unspecified atom stereocenters. The van der Waals surface area contributed by atoms with Gasteiger partial charge in [-0.3, -0.25) is 9.69 Å². The maximum Gasteiger partial charge on any atom is 0.258 e. The molecule has 0 bridgehead atoms. The molecule has 0 radical (unpaired) electrons. The molecule has 29 heavy (non-hydrogen) atoms. The summed E-state index contributed by atoms with van der Waals surface area (Å²) in [6.45, 7) is 12.2. The number of morpholine rings is 1. The van der Waals surface area contributed by atoms with E-state index in [2.05, 4.69) is 60.5 Å². The van der Waals surface area contributed by atoms with Crippen LogP contribution in [0.15, 0.2) is 36.4 Å². The first-order valence-corrected chi connectivity index (χ1v) is 10.3. The predicted molar refractivity (Wildman–Crippen MR) is 115 cm³/mol. The number of ether oxygens (including phenoxy) is 2. The van der Waals surface area contributed by atoms with Crippen LogP contribution in [-0.2, 0) is 9.53 Å². The number of carbonyl (C=O) groups is 1. The molecule has 0 spiro atoms. The molecule has 0 aliphatic carbocycles. The average Bonchev–Trinajstić information content (AvgIpc) is 2.68. The van der Waals surface area contributed by atoms with E-state index in [9.17, 15) is 4.79 Å². The van der Waals surface area contributed by atoms with Crippen molar-refractivity contribution in [2.75, 3.05) is 39.5 Å². The molecule has 1 atom stereocenters. The van der Waals surface area contributed by atoms with Gasteiger partial charge in [0.1, 0.15) is 5.75 Å². The van der Waals surface area contributed by atoms with E-state index in [4.69, 9.17) is 9.47 Å². The van der Waals surface area contributed by atoms with Crippen LogP contribution in [0.25, 0.3) is 0 Å². The number of amides is 1. The van der Waals surface area contributed by atoms with Crippen LogP contribution in [0.3, 0.4) is 0 Å². The smallest absolute Gasteiger partial charge is 0.258 e. The average molecular weight is 397 g/mol. The lowest BCUT2D eigenvalue weighted by Gasteiger charge is -2.31. The molecule has 1 amide bonds. The molecule has 1 heterocycles. The molecule has 5 heteroatoms. The topological polar surface area (TPSA) is 50.8 Å². The van der Waals surface area contributed by atoms with Crippen molar-refractivity contribution in [3.8, 4) is 5.75 Å². The number of aryl methyl sites for hydroxylation is 4. The zero-order valence-electron chi connectivity index (χ0n) is 18.0. The first-order chi connectivity index (χ1) is 13.9. The summed E-state index contributed by atoms with van der Waals surface area (Å²) in [5, 5.41) is 3.17. The highest BCUT2D eigenvalue weighted by Crippen LogP contribution is 2.24. The van der Waals surface area contributed by atoms with Crippen LogP contribution in [-0.4, -0.2) is 50.3 Å². The number of rotatable bonds is 7. The van der Waals surface area contributed by atoms with Gasteiger partial charge in [-0.05, 0) is 44.4 Å². The van der Waals surface area contributed by atoms with Crippen LogP contribution in [0.5, 0.6) is 5.75 Å². The zero-order valence-corrected chi connectivity index (χ0v) is 18.0. The van der Waals surface area contributed by atoms with Gasteiger partial charge in [-0.2, -0.15) is 0 Å². The van der Waals surface area contributed by atoms with E-state index in [1.165, 1.54) is 11.1 Å². The summed E-state index contributed by atoms with van der Waals surface area (Å²) in [6.07, 6.45) is 0. The van der Waals surface area contributed by atoms with Gasteiger partial charge < -0.3 is 14.8 Å². The maximum atomic E-state index is 12.7. The summed E-state index contributed by atoms with van der Waals surface area (Å²) in [6, 6.07) is 12.4. The summed E-state index contributed by atoms with van der Waals surface area (Å²) >= 11 is 0. The molecule has 0 aromatic heterocycles. The lowest BCUT2D eigenvalue weighted by Crippen LogP contribution is -2.44. The molecule has 1 fully saturated rings. The minimum atomic E-state index is -0.108. The Balaban J connectivity index is 1.66. The number of hydrogen-bond donors (Lipinski definition) is 1. The van der Waals surface area contributed by atoms with E-state index in [1.54, 1.807) is 0 Å². The third-order valence-electron chi connectivity index (χ3n) is 5.31. The molecule has 1 N–H and O–H groups in total. The van der Waals surface area contributed by atoms with E-state index in [0.717, 1.165) is 55.3 Å². The molecule has 156 valence electrons. The highest BCUT2D eigenvalue weighted by Gasteiger charge is 2.20. The van der Waals surface area contributed by atoms with Gasteiger partial charge in [0.05, 0.1) is 19.3 Å². The molecule has 0 saturated carbocycles. The van der Waals surface area contributed by atoms with Gasteiger partial charge in [-0.15, -0.1) is 0 Å². The van der Waals surface area contributed by atoms with Crippen molar-refractivity contribution in [3.05, 3.63) is 64.2 Å². The van der Waals surface area contributed by atoms with Crippen LogP contribution < -0.4 is 10.1 Å². The summed E-state index contributed by atoms with van der Waals surface area (Å²) < 4.78 is 11.3. The van der Waals surface area contributed by atoms with E-state index in [1.807, 2.05) is 13.8 Å². The summed E-state index contributed by atoms with van der Waals surface area (Å²) in [5.74, 6) is 0.689. The molecule has 1 aliphatic rings. The minimum absolute atomic E-state index is 0.0101. The highest BCUT2D eigenvalue weighted by molar-refractivity contribution is 5.78. The van der Waals surface area contributed by atoms with Gasteiger partial charge in [0, 0.05) is 19.6 Å². The number of carbonyl (C=O) groups excluding carboxylic acids is 1. The van der Waals surface area contributed by atoms with Crippen LogP contribution >= 0.6 is 0 Å². The van der Waals surface area contributed by atoms with Crippen molar-refractivity contribution < 1.29 is 14.3 Å². The van der Waals surface area contributed by atoms with Gasteiger partial charge in [0.15, 0.2) is 6.61 Å². The highest BCUT2D eigenvalue weighted by atomic mass is 16.5. The fourth-order valence-corrected chi connectivity index (χ4v) is 3.84. The number of hydrogen-bond acceptors (Lipinski definition) is 4. The van der Waals surface area contributed by atoms with Crippen molar-refractivity contribution in [1.82, 2.24) is 10.2 Å². The number of nitrogens with one attached hydrogen (secondary N) is 1. The standard InChI is InChI=1S/C24H32N2O3/c1-17-5-7-21(8-6-17)22(15-26-9-11-28-12-10-26)25-23(27)16-29-24-19(3)13-18(2)14-20(24)4/h5-8,13-14,22H,9-12,15-16H2,1-4H3,(H,25,27). The minimum Gasteiger partial charge on any atom is -0.483 e. The predicted octanol–water partition coefficient (Wildman–Crippen LogP) is 3.49. The lowest BCUT2D eigenvalue weighted by molar-refractivity contribution is -0.124. The Morgan fingerprint density at radius 1 is 1.03 bits per heavy atom. The fraction of sp³-hybridized carbons (Fsp3) is 0.458. The van der Waals surface area contributed by atoms with Gasteiger partial charge in [-0.25, -0.2) is 0 Å². The van der Waals surface area contributed by atoms with Crippen molar-refractivity contribution in [2.24, 2.45) is 0 Å². The molecule has 3 rings (SSSR count). The van der Waals surface area contributed by atoms with Crippen molar-refractivity contribution in [3.63, 3.8) is 0 Å². The van der Waals surface area contributed by atoms with Crippen molar-refractivity contribution in [1.29, 1.82) is 0 Å². The molecule has 1 aliphatic heterocycles. The first kappa shape index (κ1) is 21.3. The third kappa shape index (κ3) is 6.05. The van der Waals surface area contributed by atoms with E-state index >= 15 is 0 Å². The molecule has 5 nitrogen and oxygen atoms in total. The van der Waals surface area contributed by atoms with Crippen LogP contribution in [0, 0.1) is 27.7 Å². The molecule has 2 aromatic carbocycles. The molecule has 1 saturated heterocycles. The SMILES string of the molecule is Cc1ccc(C(CN2CCOCC2)NC(=O)COc2c(C)cc(C)cc2C)cc1. The quantitative estimate of drug-likeness (QED) is 0.778. The first-order valence-electron chi connectivity index (χ1n) is 10.3. The largest absolute Gasteiger partial charge is 0.483 e. The maximum absolute atomic E-state index is 12.7. The number of nitrogens with zero attached hydrogens (tertiary/aromatic N) is 1. The summed E-state index contributed by atoms with van der Waals surface area (Å²) in [7, 11) is 0. The Hall–Kier alpha value is -2.37. The second-order valence-corrected chi connectivity index (χ2v) is 7.96. The van der Waals surface area contributed by atoms with Gasteiger partial charge >= 0.3 is 0 Å². The Morgan fingerprint density at radius 3 is 2.28 bits per heavy atom. The summed E-state index contributed by atoms with van der Waals surface area (Å²) in [5.41, 5.74) is 5.62. The van der Waals surface area contributed by atoms with Gasteiger partial charge in [-0.1, -0.05) is 47.5 Å².